The predicted molar refractivity (Wildman–Crippen MR) is 82.8 cm³/mol. The zero-order valence-electron chi connectivity index (χ0n) is 11.0. The molecule has 4 nitrogen and oxygen atoms in total. The number of hydrogen-bond acceptors (Lipinski definition) is 4. The lowest BCUT2D eigenvalue weighted by atomic mass is 10.2. The van der Waals surface area contributed by atoms with Gasteiger partial charge in [0.25, 0.3) is 0 Å². The molecule has 0 atom stereocenters. The topological polar surface area (TPSA) is 67.2 Å². The second-order valence-corrected chi connectivity index (χ2v) is 7.25. The molecule has 0 unspecified atom stereocenters. The molecule has 0 aromatic heterocycles. The first-order valence-corrected chi connectivity index (χ1v) is 8.58. The van der Waals surface area contributed by atoms with Crippen molar-refractivity contribution in [1.29, 1.82) is 5.26 Å². The number of benzene rings is 2. The van der Waals surface area contributed by atoms with Gasteiger partial charge in [0.2, 0.25) is 0 Å². The van der Waals surface area contributed by atoms with E-state index >= 15 is 0 Å². The minimum absolute atomic E-state index is 0.00289. The summed E-state index contributed by atoms with van der Waals surface area (Å²) in [4.78, 5) is 0.253. The van der Waals surface area contributed by atoms with E-state index in [4.69, 9.17) is 10.00 Å². The minimum Gasteiger partial charge on any atom is -0.491 e. The SMILES string of the molecule is N#Cc1ccccc1OCCS(=O)(=O)c1ccc(Br)cc1. The fourth-order valence-electron chi connectivity index (χ4n) is 1.71. The maximum absolute atomic E-state index is 12.1. The fourth-order valence-corrected chi connectivity index (χ4v) is 3.06. The molecule has 108 valence electrons. The van der Waals surface area contributed by atoms with Crippen molar-refractivity contribution in [1.82, 2.24) is 0 Å². The summed E-state index contributed by atoms with van der Waals surface area (Å²) in [5, 5.41) is 8.93. The van der Waals surface area contributed by atoms with E-state index in [2.05, 4.69) is 15.9 Å². The number of hydrogen-bond donors (Lipinski definition) is 0. The average Bonchev–Trinajstić information content (AvgIpc) is 2.48. The van der Waals surface area contributed by atoms with Crippen LogP contribution in [0.2, 0.25) is 0 Å². The quantitative estimate of drug-likeness (QED) is 0.815. The van der Waals surface area contributed by atoms with E-state index in [1.54, 1.807) is 48.5 Å². The minimum atomic E-state index is -3.40. The molecule has 0 saturated heterocycles. The van der Waals surface area contributed by atoms with Crippen LogP contribution < -0.4 is 4.74 Å². The molecule has 0 aliphatic carbocycles. The zero-order valence-corrected chi connectivity index (χ0v) is 13.4. The Bertz CT molecular complexity index is 764. The van der Waals surface area contributed by atoms with Crippen LogP contribution in [-0.2, 0) is 9.84 Å². The van der Waals surface area contributed by atoms with Gasteiger partial charge in [-0.25, -0.2) is 8.42 Å². The van der Waals surface area contributed by atoms with Gasteiger partial charge < -0.3 is 4.74 Å². The van der Waals surface area contributed by atoms with E-state index in [0.717, 1.165) is 4.47 Å². The Morgan fingerprint density at radius 3 is 2.43 bits per heavy atom. The Hall–Kier alpha value is -1.84. The molecule has 0 heterocycles. The van der Waals surface area contributed by atoms with Crippen LogP contribution in [0.1, 0.15) is 5.56 Å². The van der Waals surface area contributed by atoms with Gasteiger partial charge in [-0.15, -0.1) is 0 Å². The molecule has 0 aliphatic rings. The van der Waals surface area contributed by atoms with Crippen molar-refractivity contribution in [3.05, 3.63) is 58.6 Å². The van der Waals surface area contributed by atoms with E-state index in [-0.39, 0.29) is 17.3 Å². The second-order valence-electron chi connectivity index (χ2n) is 4.23. The van der Waals surface area contributed by atoms with Gasteiger partial charge in [-0.1, -0.05) is 28.1 Å². The predicted octanol–water partition coefficient (Wildman–Crippen LogP) is 3.17. The van der Waals surface area contributed by atoms with Crippen LogP contribution in [0, 0.1) is 11.3 Å². The van der Waals surface area contributed by atoms with Gasteiger partial charge in [0, 0.05) is 4.47 Å². The molecular formula is C15H12BrNO3S. The molecule has 0 aliphatic heterocycles. The van der Waals surface area contributed by atoms with E-state index in [0.29, 0.717) is 11.3 Å². The van der Waals surface area contributed by atoms with Crippen molar-refractivity contribution in [2.24, 2.45) is 0 Å². The largest absolute Gasteiger partial charge is 0.491 e. The standard InChI is InChI=1S/C15H12BrNO3S/c16-13-5-7-14(8-6-13)21(18,19)10-9-20-15-4-2-1-3-12(15)11-17/h1-8H,9-10H2. The number of halogens is 1. The fraction of sp³-hybridized carbons (Fsp3) is 0.133. The first kappa shape index (κ1) is 15.5. The lowest BCUT2D eigenvalue weighted by Crippen LogP contribution is -2.14. The summed E-state index contributed by atoms with van der Waals surface area (Å²) in [6.07, 6.45) is 0. The molecule has 0 N–H and O–H groups in total. The Morgan fingerprint density at radius 1 is 1.10 bits per heavy atom. The molecule has 2 aromatic carbocycles. The number of para-hydroxylation sites is 1. The molecule has 0 fully saturated rings. The molecule has 2 aromatic rings. The molecule has 0 spiro atoms. The smallest absolute Gasteiger partial charge is 0.181 e. The summed E-state index contributed by atoms with van der Waals surface area (Å²) in [6, 6.07) is 15.2. The van der Waals surface area contributed by atoms with Gasteiger partial charge in [0.05, 0.1) is 16.2 Å². The van der Waals surface area contributed by atoms with Gasteiger partial charge >= 0.3 is 0 Å². The molecule has 6 heteroatoms. The van der Waals surface area contributed by atoms with Crippen LogP contribution in [0.15, 0.2) is 57.9 Å². The molecule has 0 bridgehead atoms. The Morgan fingerprint density at radius 2 is 1.76 bits per heavy atom. The zero-order chi connectivity index (χ0) is 15.3. The molecular weight excluding hydrogens is 354 g/mol. The van der Waals surface area contributed by atoms with Gasteiger partial charge in [-0.2, -0.15) is 5.26 Å². The summed E-state index contributed by atoms with van der Waals surface area (Å²) in [5.74, 6) is 0.250. The van der Waals surface area contributed by atoms with Crippen LogP contribution >= 0.6 is 15.9 Å². The highest BCUT2D eigenvalue weighted by Crippen LogP contribution is 2.18. The summed E-state index contributed by atoms with van der Waals surface area (Å²) in [5.41, 5.74) is 0.388. The van der Waals surface area contributed by atoms with Crippen LogP contribution in [0.5, 0.6) is 5.75 Å². The Labute approximate surface area is 132 Å². The van der Waals surface area contributed by atoms with E-state index in [9.17, 15) is 8.42 Å². The molecule has 0 amide bonds. The lowest BCUT2D eigenvalue weighted by Gasteiger charge is -2.08. The number of nitriles is 1. The maximum atomic E-state index is 12.1. The van der Waals surface area contributed by atoms with Crippen LogP contribution in [0.4, 0.5) is 0 Å². The van der Waals surface area contributed by atoms with Crippen LogP contribution in [0.3, 0.4) is 0 Å². The first-order valence-electron chi connectivity index (χ1n) is 6.13. The van der Waals surface area contributed by atoms with E-state index in [1.807, 2.05) is 6.07 Å². The molecule has 2 rings (SSSR count). The van der Waals surface area contributed by atoms with Crippen molar-refractivity contribution in [3.8, 4) is 11.8 Å². The van der Waals surface area contributed by atoms with Gasteiger partial charge in [-0.3, -0.25) is 0 Å². The molecule has 0 saturated carbocycles. The highest BCUT2D eigenvalue weighted by Gasteiger charge is 2.14. The molecule has 0 radical (unpaired) electrons. The summed E-state index contributed by atoms with van der Waals surface area (Å²) >= 11 is 3.26. The number of sulfone groups is 1. The van der Waals surface area contributed by atoms with Gasteiger partial charge in [0.1, 0.15) is 18.4 Å². The summed E-state index contributed by atoms with van der Waals surface area (Å²) in [7, 11) is -3.40. The number of nitrogens with zero attached hydrogens (tertiary/aromatic N) is 1. The van der Waals surface area contributed by atoms with Crippen LogP contribution in [-0.4, -0.2) is 20.8 Å². The highest BCUT2D eigenvalue weighted by atomic mass is 79.9. The second kappa shape index (κ2) is 6.74. The summed E-state index contributed by atoms with van der Waals surface area (Å²) < 4.78 is 30.5. The van der Waals surface area contributed by atoms with Crippen molar-refractivity contribution in [3.63, 3.8) is 0 Å². The van der Waals surface area contributed by atoms with Crippen molar-refractivity contribution < 1.29 is 13.2 Å². The number of rotatable bonds is 5. The van der Waals surface area contributed by atoms with Crippen molar-refractivity contribution in [2.75, 3.05) is 12.4 Å². The third-order valence-electron chi connectivity index (χ3n) is 2.79. The van der Waals surface area contributed by atoms with Gasteiger partial charge in [-0.05, 0) is 36.4 Å². The van der Waals surface area contributed by atoms with E-state index in [1.165, 1.54) is 0 Å². The third kappa shape index (κ3) is 4.06. The Balaban J connectivity index is 2.03. The Kier molecular flexibility index (Phi) is 4.99. The number of ether oxygens (including phenoxy) is 1. The average molecular weight is 366 g/mol. The van der Waals surface area contributed by atoms with Crippen molar-refractivity contribution >= 4 is 25.8 Å². The lowest BCUT2D eigenvalue weighted by molar-refractivity contribution is 0.340. The van der Waals surface area contributed by atoms with Crippen molar-refractivity contribution in [2.45, 2.75) is 4.90 Å². The monoisotopic (exact) mass is 365 g/mol. The third-order valence-corrected chi connectivity index (χ3v) is 5.01. The van der Waals surface area contributed by atoms with Gasteiger partial charge in [0.15, 0.2) is 9.84 Å². The van der Waals surface area contributed by atoms with E-state index < -0.39 is 9.84 Å². The summed E-state index contributed by atoms with van der Waals surface area (Å²) in [6.45, 7) is -0.00289. The first-order chi connectivity index (χ1) is 10.0. The normalized spacial score (nSPS) is 10.9. The molecule has 21 heavy (non-hydrogen) atoms. The van der Waals surface area contributed by atoms with Crippen LogP contribution in [0.25, 0.3) is 0 Å². The maximum Gasteiger partial charge on any atom is 0.181 e. The highest BCUT2D eigenvalue weighted by molar-refractivity contribution is 9.10.